The molecule has 1 aromatic rings. The van der Waals surface area contributed by atoms with Crippen LogP contribution in [0, 0.1) is 5.92 Å². The van der Waals surface area contributed by atoms with Crippen LogP contribution in [0.25, 0.3) is 0 Å². The molecule has 0 bridgehead atoms. The van der Waals surface area contributed by atoms with E-state index in [-0.39, 0.29) is 23.0 Å². The molecule has 0 heterocycles. The number of nitrogens with one attached hydrogen (secondary N) is 1. The van der Waals surface area contributed by atoms with Crippen LogP contribution in [0.2, 0.25) is 10.0 Å². The zero-order valence-corrected chi connectivity index (χ0v) is 13.8. The summed E-state index contributed by atoms with van der Waals surface area (Å²) in [5.74, 6) is 0.652. The Morgan fingerprint density at radius 3 is 2.67 bits per heavy atom. The molecule has 0 spiro atoms. The van der Waals surface area contributed by atoms with E-state index in [1.807, 2.05) is 0 Å². The van der Waals surface area contributed by atoms with E-state index in [9.17, 15) is 8.42 Å². The van der Waals surface area contributed by atoms with E-state index in [0.29, 0.717) is 29.7 Å². The van der Waals surface area contributed by atoms with Crippen molar-refractivity contribution >= 4 is 33.2 Å². The van der Waals surface area contributed by atoms with Crippen molar-refractivity contribution in [3.05, 3.63) is 27.7 Å². The van der Waals surface area contributed by atoms with E-state index in [2.05, 4.69) is 4.72 Å². The third-order valence-corrected chi connectivity index (χ3v) is 5.63. The van der Waals surface area contributed by atoms with Crippen LogP contribution >= 0.6 is 23.2 Å². The predicted molar refractivity (Wildman–Crippen MR) is 83.1 cm³/mol. The van der Waals surface area contributed by atoms with Crippen molar-refractivity contribution in [1.82, 2.24) is 4.72 Å². The molecule has 0 aromatic heterocycles. The Morgan fingerprint density at radius 2 is 2.05 bits per heavy atom. The third-order valence-electron chi connectivity index (χ3n) is 3.23. The zero-order valence-electron chi connectivity index (χ0n) is 11.4. The van der Waals surface area contributed by atoms with Crippen LogP contribution in [0.1, 0.15) is 18.4 Å². The second kappa shape index (κ2) is 7.26. The number of benzene rings is 1. The van der Waals surface area contributed by atoms with Gasteiger partial charge >= 0.3 is 0 Å². The van der Waals surface area contributed by atoms with Gasteiger partial charge in [0.15, 0.2) is 0 Å². The zero-order chi connectivity index (χ0) is 15.5. The fourth-order valence-corrected chi connectivity index (χ4v) is 3.77. The average Bonchev–Trinajstić information content (AvgIpc) is 3.22. The number of hydrogen-bond acceptors (Lipinski definition) is 4. The maximum atomic E-state index is 12.2. The van der Waals surface area contributed by atoms with E-state index in [0.717, 1.165) is 0 Å². The summed E-state index contributed by atoms with van der Waals surface area (Å²) in [6, 6.07) is 2.85. The van der Waals surface area contributed by atoms with Gasteiger partial charge in [-0.05, 0) is 30.9 Å². The van der Waals surface area contributed by atoms with E-state index < -0.39 is 10.0 Å². The molecule has 0 aliphatic heterocycles. The Hall–Kier alpha value is -0.370. The Bertz CT molecular complexity index is 604. The van der Waals surface area contributed by atoms with Crippen LogP contribution < -0.4 is 10.5 Å². The van der Waals surface area contributed by atoms with E-state index in [1.165, 1.54) is 25.0 Å². The van der Waals surface area contributed by atoms with Gasteiger partial charge in [-0.25, -0.2) is 13.1 Å². The highest BCUT2D eigenvalue weighted by molar-refractivity contribution is 7.89. The quantitative estimate of drug-likeness (QED) is 0.702. The molecular formula is C13H18Cl2N2O3S. The standard InChI is InChI=1S/C13H18Cl2N2O3S/c14-11-3-4-12(13(15)10(11)7-16)21(18,19)17-5-6-20-8-9-1-2-9/h3-4,9,17H,1-2,5-8,16H2. The summed E-state index contributed by atoms with van der Waals surface area (Å²) in [5.41, 5.74) is 5.96. The lowest BCUT2D eigenvalue weighted by molar-refractivity contribution is 0.129. The molecule has 3 N–H and O–H groups in total. The Labute approximate surface area is 134 Å². The predicted octanol–water partition coefficient (Wildman–Crippen LogP) is 2.16. The van der Waals surface area contributed by atoms with Gasteiger partial charge in [-0.15, -0.1) is 0 Å². The lowest BCUT2D eigenvalue weighted by Crippen LogP contribution is -2.28. The van der Waals surface area contributed by atoms with E-state index in [4.69, 9.17) is 33.7 Å². The maximum absolute atomic E-state index is 12.2. The number of hydrogen-bond donors (Lipinski definition) is 2. The van der Waals surface area contributed by atoms with E-state index in [1.54, 1.807) is 0 Å². The Balaban J connectivity index is 1.97. The molecule has 118 valence electrons. The molecular weight excluding hydrogens is 335 g/mol. The van der Waals surface area contributed by atoms with Crippen LogP contribution in [-0.2, 0) is 21.3 Å². The first kappa shape index (κ1) is 17.0. The first-order chi connectivity index (χ1) is 9.95. The van der Waals surface area contributed by atoms with E-state index >= 15 is 0 Å². The molecule has 0 unspecified atom stereocenters. The first-order valence-electron chi connectivity index (χ1n) is 6.70. The van der Waals surface area contributed by atoms with Gasteiger partial charge in [0.25, 0.3) is 0 Å². The molecule has 1 aromatic carbocycles. The summed E-state index contributed by atoms with van der Waals surface area (Å²) in [7, 11) is -3.70. The van der Waals surface area contributed by atoms with Crippen LogP contribution in [0.5, 0.6) is 0 Å². The summed E-state index contributed by atoms with van der Waals surface area (Å²) in [6.07, 6.45) is 2.40. The highest BCUT2D eigenvalue weighted by atomic mass is 35.5. The third kappa shape index (κ3) is 4.55. The number of halogens is 2. The number of nitrogens with two attached hydrogens (primary N) is 1. The van der Waals surface area contributed by atoms with Gasteiger partial charge in [-0.1, -0.05) is 23.2 Å². The molecule has 5 nitrogen and oxygen atoms in total. The first-order valence-corrected chi connectivity index (χ1v) is 8.94. The van der Waals surface area contributed by atoms with Crippen molar-refractivity contribution in [3.8, 4) is 0 Å². The van der Waals surface area contributed by atoms with Gasteiger partial charge < -0.3 is 10.5 Å². The smallest absolute Gasteiger partial charge is 0.242 e. The monoisotopic (exact) mass is 352 g/mol. The van der Waals surface area contributed by atoms with Gasteiger partial charge in [0.1, 0.15) is 4.90 Å². The van der Waals surface area contributed by atoms with Crippen molar-refractivity contribution in [2.24, 2.45) is 11.7 Å². The van der Waals surface area contributed by atoms with Crippen LogP contribution in [0.4, 0.5) is 0 Å². The Kier molecular flexibility index (Phi) is 5.88. The van der Waals surface area contributed by atoms with Gasteiger partial charge in [0.2, 0.25) is 10.0 Å². The minimum Gasteiger partial charge on any atom is -0.380 e. The summed E-state index contributed by atoms with van der Waals surface area (Å²) >= 11 is 12.0. The molecule has 2 rings (SSSR count). The fraction of sp³-hybridized carbons (Fsp3) is 0.538. The molecule has 1 aliphatic carbocycles. The average molecular weight is 353 g/mol. The summed E-state index contributed by atoms with van der Waals surface area (Å²) < 4.78 is 32.3. The summed E-state index contributed by atoms with van der Waals surface area (Å²) in [4.78, 5) is -0.0174. The maximum Gasteiger partial charge on any atom is 0.242 e. The minimum absolute atomic E-state index is 0.0174. The minimum atomic E-state index is -3.70. The summed E-state index contributed by atoms with van der Waals surface area (Å²) in [5, 5.41) is 0.422. The van der Waals surface area contributed by atoms with Crippen molar-refractivity contribution < 1.29 is 13.2 Å². The normalized spacial score (nSPS) is 15.4. The van der Waals surface area contributed by atoms with Gasteiger partial charge in [0.05, 0.1) is 11.6 Å². The number of rotatable bonds is 8. The van der Waals surface area contributed by atoms with Crippen molar-refractivity contribution in [1.29, 1.82) is 0 Å². The molecule has 1 fully saturated rings. The summed E-state index contributed by atoms with van der Waals surface area (Å²) in [6.45, 7) is 1.31. The second-order valence-electron chi connectivity index (χ2n) is 4.96. The Morgan fingerprint density at radius 1 is 1.33 bits per heavy atom. The largest absolute Gasteiger partial charge is 0.380 e. The van der Waals surface area contributed by atoms with Crippen LogP contribution in [-0.4, -0.2) is 28.2 Å². The molecule has 8 heteroatoms. The fourth-order valence-electron chi connectivity index (χ4n) is 1.83. The van der Waals surface area contributed by atoms with Gasteiger partial charge in [0, 0.05) is 30.3 Å². The van der Waals surface area contributed by atoms with Gasteiger partial charge in [-0.2, -0.15) is 0 Å². The SMILES string of the molecule is NCc1c(Cl)ccc(S(=O)(=O)NCCOCC2CC2)c1Cl. The number of ether oxygens (including phenoxy) is 1. The second-order valence-corrected chi connectivity index (χ2v) is 7.48. The molecule has 21 heavy (non-hydrogen) atoms. The number of sulfonamides is 1. The highest BCUT2D eigenvalue weighted by Crippen LogP contribution is 2.30. The van der Waals surface area contributed by atoms with Crippen LogP contribution in [0.3, 0.4) is 0 Å². The van der Waals surface area contributed by atoms with Crippen molar-refractivity contribution in [3.63, 3.8) is 0 Å². The molecule has 0 radical (unpaired) electrons. The molecule has 0 saturated heterocycles. The van der Waals surface area contributed by atoms with Gasteiger partial charge in [-0.3, -0.25) is 0 Å². The highest BCUT2D eigenvalue weighted by Gasteiger charge is 2.22. The molecule has 0 atom stereocenters. The van der Waals surface area contributed by atoms with Crippen molar-refractivity contribution in [2.45, 2.75) is 24.3 Å². The topological polar surface area (TPSA) is 81.4 Å². The molecule has 0 amide bonds. The van der Waals surface area contributed by atoms with Crippen LogP contribution in [0.15, 0.2) is 17.0 Å². The lowest BCUT2D eigenvalue weighted by atomic mass is 10.2. The molecule has 1 aliphatic rings. The van der Waals surface area contributed by atoms with Crippen molar-refractivity contribution in [2.75, 3.05) is 19.8 Å². The lowest BCUT2D eigenvalue weighted by Gasteiger charge is -2.12. The molecule has 1 saturated carbocycles.